The quantitative estimate of drug-likeness (QED) is 0.467. The van der Waals surface area contributed by atoms with Crippen molar-refractivity contribution in [1.29, 1.82) is 0 Å². The zero-order valence-corrected chi connectivity index (χ0v) is 18.4. The Kier molecular flexibility index (Phi) is 7.17. The van der Waals surface area contributed by atoms with Crippen LogP contribution in [-0.2, 0) is 14.2 Å². The van der Waals surface area contributed by atoms with E-state index in [9.17, 15) is 14.4 Å². The van der Waals surface area contributed by atoms with Crippen molar-refractivity contribution >= 4 is 51.5 Å². The largest absolute Gasteiger partial charge is 0.464 e. The van der Waals surface area contributed by atoms with E-state index in [2.05, 4.69) is 30.6 Å². The fraction of sp³-hybridized carbons (Fsp3) is 0.562. The number of ether oxygens (including phenoxy) is 3. The van der Waals surface area contributed by atoms with Gasteiger partial charge in [-0.2, -0.15) is 4.90 Å². The number of methoxy groups -OCH3 is 1. The van der Waals surface area contributed by atoms with Gasteiger partial charge in [-0.1, -0.05) is 11.6 Å². The Morgan fingerprint density at radius 1 is 0.963 bits per heavy atom. The molecular formula is C16H21BrClN3O6. The van der Waals surface area contributed by atoms with Crippen LogP contribution in [0.2, 0.25) is 5.15 Å². The molecule has 27 heavy (non-hydrogen) atoms. The van der Waals surface area contributed by atoms with Crippen LogP contribution in [0.5, 0.6) is 0 Å². The molecular weight excluding hydrogens is 446 g/mol. The molecule has 0 bridgehead atoms. The van der Waals surface area contributed by atoms with E-state index in [-0.39, 0.29) is 9.76 Å². The number of carbonyl (C=O) groups is 3. The lowest BCUT2D eigenvalue weighted by Gasteiger charge is -2.28. The summed E-state index contributed by atoms with van der Waals surface area (Å²) in [5.74, 6) is -1.41. The Hall–Kier alpha value is -1.94. The van der Waals surface area contributed by atoms with Crippen LogP contribution in [0.25, 0.3) is 0 Å². The van der Waals surface area contributed by atoms with Gasteiger partial charge in [-0.3, -0.25) is 0 Å². The minimum atomic E-state index is -1.12. The van der Waals surface area contributed by atoms with E-state index in [0.717, 1.165) is 7.11 Å². The molecule has 0 radical (unpaired) electrons. The molecule has 0 spiro atoms. The topological polar surface area (TPSA) is 108 Å². The first-order chi connectivity index (χ1) is 12.2. The molecule has 150 valence electrons. The summed E-state index contributed by atoms with van der Waals surface area (Å²) in [6.45, 7) is 9.66. The highest BCUT2D eigenvalue weighted by molar-refractivity contribution is 9.10. The Morgan fingerprint density at radius 2 is 1.41 bits per heavy atom. The van der Waals surface area contributed by atoms with Gasteiger partial charge in [0.1, 0.15) is 15.8 Å². The van der Waals surface area contributed by atoms with Crippen molar-refractivity contribution in [2.45, 2.75) is 52.7 Å². The number of anilines is 1. The smallest absolute Gasteiger partial charge is 0.425 e. The van der Waals surface area contributed by atoms with Gasteiger partial charge in [-0.15, -0.1) is 0 Å². The average Bonchev–Trinajstić information content (AvgIpc) is 2.46. The average molecular weight is 467 g/mol. The third-order valence-electron chi connectivity index (χ3n) is 2.54. The van der Waals surface area contributed by atoms with Crippen molar-refractivity contribution in [2.24, 2.45) is 0 Å². The molecule has 1 aromatic rings. The van der Waals surface area contributed by atoms with E-state index >= 15 is 0 Å². The second-order valence-corrected chi connectivity index (χ2v) is 8.37. The minimum Gasteiger partial charge on any atom is -0.464 e. The van der Waals surface area contributed by atoms with Crippen molar-refractivity contribution < 1.29 is 28.6 Å². The lowest BCUT2D eigenvalue weighted by atomic mass is 10.2. The van der Waals surface area contributed by atoms with Crippen LogP contribution in [0.4, 0.5) is 15.4 Å². The third kappa shape index (κ3) is 6.62. The summed E-state index contributed by atoms with van der Waals surface area (Å²) in [7, 11) is 1.11. The first-order valence-corrected chi connectivity index (χ1v) is 8.91. The number of carbonyl (C=O) groups excluding carboxylic acids is 3. The predicted octanol–water partition coefficient (Wildman–Crippen LogP) is 4.36. The molecule has 0 fully saturated rings. The minimum absolute atomic E-state index is 0.0293. The molecule has 9 nitrogen and oxygen atoms in total. The summed E-state index contributed by atoms with van der Waals surface area (Å²) >= 11 is 8.98. The monoisotopic (exact) mass is 465 g/mol. The SMILES string of the molecule is COC(=O)c1nc(Br)c(Cl)nc1N(C(=O)OC(C)(C)C)C(=O)OC(C)(C)C. The summed E-state index contributed by atoms with van der Waals surface area (Å²) in [6, 6.07) is 0. The van der Waals surface area contributed by atoms with Crippen LogP contribution in [0, 0.1) is 0 Å². The molecule has 2 amide bonds. The molecule has 11 heteroatoms. The van der Waals surface area contributed by atoms with E-state index < -0.39 is 40.9 Å². The molecule has 0 aromatic carbocycles. The van der Waals surface area contributed by atoms with Gasteiger partial charge >= 0.3 is 18.2 Å². The molecule has 1 heterocycles. The van der Waals surface area contributed by atoms with E-state index in [4.69, 9.17) is 21.1 Å². The van der Waals surface area contributed by atoms with Crippen molar-refractivity contribution in [3.05, 3.63) is 15.5 Å². The molecule has 0 N–H and O–H groups in total. The van der Waals surface area contributed by atoms with Crippen molar-refractivity contribution in [3.8, 4) is 0 Å². The number of esters is 1. The van der Waals surface area contributed by atoms with Gasteiger partial charge in [0.15, 0.2) is 16.7 Å². The Labute approximate surface area is 170 Å². The van der Waals surface area contributed by atoms with Crippen molar-refractivity contribution in [3.63, 3.8) is 0 Å². The second-order valence-electron chi connectivity index (χ2n) is 7.27. The number of aromatic nitrogens is 2. The van der Waals surface area contributed by atoms with E-state index in [1.54, 1.807) is 41.5 Å². The molecule has 1 rings (SSSR count). The van der Waals surface area contributed by atoms with Crippen LogP contribution in [0.1, 0.15) is 52.0 Å². The summed E-state index contributed by atoms with van der Waals surface area (Å²) in [5, 5.41) is -0.185. The molecule has 0 saturated heterocycles. The number of imide groups is 1. The molecule has 0 aliphatic heterocycles. The van der Waals surface area contributed by atoms with Crippen LogP contribution in [0.3, 0.4) is 0 Å². The van der Waals surface area contributed by atoms with Gasteiger partial charge in [0, 0.05) is 0 Å². The van der Waals surface area contributed by atoms with Gasteiger partial charge in [-0.05, 0) is 57.5 Å². The summed E-state index contributed by atoms with van der Waals surface area (Å²) in [6.07, 6.45) is -2.23. The third-order valence-corrected chi connectivity index (χ3v) is 3.58. The maximum absolute atomic E-state index is 12.7. The number of hydrogen-bond acceptors (Lipinski definition) is 8. The lowest BCUT2D eigenvalue weighted by Crippen LogP contribution is -2.45. The molecule has 0 atom stereocenters. The fourth-order valence-electron chi connectivity index (χ4n) is 1.64. The van der Waals surface area contributed by atoms with Crippen LogP contribution >= 0.6 is 27.5 Å². The Bertz CT molecular complexity index is 730. The first-order valence-electron chi connectivity index (χ1n) is 7.73. The summed E-state index contributed by atoms with van der Waals surface area (Å²) in [4.78, 5) is 45.7. The molecule has 0 aliphatic carbocycles. The summed E-state index contributed by atoms with van der Waals surface area (Å²) in [5.41, 5.74) is -2.30. The number of hydrogen-bond donors (Lipinski definition) is 0. The van der Waals surface area contributed by atoms with Crippen LogP contribution in [0.15, 0.2) is 4.60 Å². The van der Waals surface area contributed by atoms with Gasteiger partial charge in [0.05, 0.1) is 7.11 Å². The zero-order valence-electron chi connectivity index (χ0n) is 16.0. The molecule has 0 aliphatic rings. The zero-order chi connectivity index (χ0) is 21.2. The number of nitrogens with zero attached hydrogens (tertiary/aromatic N) is 3. The Morgan fingerprint density at radius 3 is 1.78 bits per heavy atom. The highest BCUT2D eigenvalue weighted by Gasteiger charge is 2.37. The first kappa shape index (κ1) is 23.1. The second kappa shape index (κ2) is 8.39. The standard InChI is InChI=1S/C16H21BrClN3O6/c1-15(2,3)26-13(23)21(14(24)27-16(4,5)6)11-8(12(22)25-7)19-9(17)10(18)20-11/h1-7H3. The van der Waals surface area contributed by atoms with Crippen LogP contribution in [-0.4, -0.2) is 46.4 Å². The van der Waals surface area contributed by atoms with Gasteiger partial charge < -0.3 is 14.2 Å². The molecule has 1 aromatic heterocycles. The van der Waals surface area contributed by atoms with E-state index in [0.29, 0.717) is 4.90 Å². The van der Waals surface area contributed by atoms with Crippen molar-refractivity contribution in [2.75, 3.05) is 12.0 Å². The normalized spacial score (nSPS) is 11.6. The highest BCUT2D eigenvalue weighted by atomic mass is 79.9. The predicted molar refractivity (Wildman–Crippen MR) is 101 cm³/mol. The van der Waals surface area contributed by atoms with Gasteiger partial charge in [0.25, 0.3) is 0 Å². The molecule has 0 saturated carbocycles. The van der Waals surface area contributed by atoms with E-state index in [1.165, 1.54) is 0 Å². The lowest BCUT2D eigenvalue weighted by molar-refractivity contribution is 0.0428. The Balaban J connectivity index is 3.59. The fourth-order valence-corrected chi connectivity index (χ4v) is 2.03. The van der Waals surface area contributed by atoms with Gasteiger partial charge in [0.2, 0.25) is 0 Å². The van der Waals surface area contributed by atoms with Crippen molar-refractivity contribution in [1.82, 2.24) is 9.97 Å². The number of amides is 2. The highest BCUT2D eigenvalue weighted by Crippen LogP contribution is 2.28. The maximum atomic E-state index is 12.7. The maximum Gasteiger partial charge on any atom is 0.425 e. The van der Waals surface area contributed by atoms with E-state index in [1.807, 2.05) is 0 Å². The molecule has 0 unspecified atom stereocenters. The number of halogens is 2. The van der Waals surface area contributed by atoms with Gasteiger partial charge in [-0.25, -0.2) is 24.4 Å². The van der Waals surface area contributed by atoms with Crippen LogP contribution < -0.4 is 4.90 Å². The number of rotatable bonds is 2. The summed E-state index contributed by atoms with van der Waals surface area (Å²) < 4.78 is 15.2.